The van der Waals surface area contributed by atoms with Crippen molar-refractivity contribution in [1.29, 1.82) is 0 Å². The van der Waals surface area contributed by atoms with E-state index >= 15 is 0 Å². The van der Waals surface area contributed by atoms with E-state index in [2.05, 4.69) is 27.7 Å². The maximum Gasteiger partial charge on any atom is 0.0770 e. The van der Waals surface area contributed by atoms with Crippen LogP contribution in [0.1, 0.15) is 91.9 Å². The smallest absolute Gasteiger partial charge is 0.0770 e. The van der Waals surface area contributed by atoms with Gasteiger partial charge in [0.15, 0.2) is 0 Å². The second kappa shape index (κ2) is 11.6. The van der Waals surface area contributed by atoms with E-state index in [1.165, 1.54) is 51.4 Å². The first-order valence-electron chi connectivity index (χ1n) is 8.70. The van der Waals surface area contributed by atoms with Crippen LogP contribution in [-0.2, 0) is 0 Å². The van der Waals surface area contributed by atoms with Gasteiger partial charge in [0.25, 0.3) is 0 Å². The molecule has 0 aromatic carbocycles. The molecule has 0 radical (unpaired) electrons. The van der Waals surface area contributed by atoms with Crippen molar-refractivity contribution in [3.63, 3.8) is 0 Å². The Balaban J connectivity index is 3.60. The summed E-state index contributed by atoms with van der Waals surface area (Å²) in [5.74, 6) is 0.743. The van der Waals surface area contributed by atoms with Crippen molar-refractivity contribution >= 4 is 0 Å². The predicted molar refractivity (Wildman–Crippen MR) is 87.9 cm³/mol. The molecule has 0 aliphatic rings. The summed E-state index contributed by atoms with van der Waals surface area (Å²) < 4.78 is 0. The van der Waals surface area contributed by atoms with Gasteiger partial charge in [-0.2, -0.15) is 0 Å². The molecular formula is C18H38O2. The Kier molecular flexibility index (Phi) is 11.5. The van der Waals surface area contributed by atoms with Gasteiger partial charge < -0.3 is 10.2 Å². The number of hydrogen-bond acceptors (Lipinski definition) is 2. The highest BCUT2D eigenvalue weighted by molar-refractivity contribution is 4.69. The average Bonchev–Trinajstić information content (AvgIpc) is 2.38. The summed E-state index contributed by atoms with van der Waals surface area (Å²) in [6, 6.07) is 0. The maximum atomic E-state index is 9.31. The van der Waals surface area contributed by atoms with Crippen LogP contribution in [0.2, 0.25) is 0 Å². The normalized spacial score (nSPS) is 15.3. The lowest BCUT2D eigenvalue weighted by Crippen LogP contribution is -2.13. The number of unbranched alkanes of at least 4 members (excludes halogenated alkanes) is 2. The molecule has 2 heteroatoms. The highest BCUT2D eigenvalue weighted by Crippen LogP contribution is 2.31. The first-order valence-corrected chi connectivity index (χ1v) is 8.70. The second-order valence-corrected chi connectivity index (χ2v) is 7.39. The van der Waals surface area contributed by atoms with Crippen molar-refractivity contribution in [1.82, 2.24) is 0 Å². The van der Waals surface area contributed by atoms with Crippen LogP contribution in [0.15, 0.2) is 0 Å². The lowest BCUT2D eigenvalue weighted by molar-refractivity contribution is 0.0850. The molecule has 20 heavy (non-hydrogen) atoms. The predicted octanol–water partition coefficient (Wildman–Crippen LogP) is 4.92. The van der Waals surface area contributed by atoms with Crippen molar-refractivity contribution < 1.29 is 10.2 Å². The second-order valence-electron chi connectivity index (χ2n) is 7.39. The standard InChI is InChI=1S/C18H38O2/c1-5-6-7-13-18(3,4)14-9-11-16(2)10-8-12-17(20)15-19/h16-17,19-20H,5-15H2,1-4H3. The molecule has 0 heterocycles. The van der Waals surface area contributed by atoms with Crippen molar-refractivity contribution in [2.24, 2.45) is 11.3 Å². The van der Waals surface area contributed by atoms with Crippen LogP contribution in [0.3, 0.4) is 0 Å². The molecule has 0 bridgehead atoms. The van der Waals surface area contributed by atoms with Gasteiger partial charge >= 0.3 is 0 Å². The zero-order valence-corrected chi connectivity index (χ0v) is 14.3. The zero-order chi connectivity index (χ0) is 15.4. The van der Waals surface area contributed by atoms with Crippen molar-refractivity contribution in [3.05, 3.63) is 0 Å². The monoisotopic (exact) mass is 286 g/mol. The number of aliphatic hydroxyl groups is 2. The van der Waals surface area contributed by atoms with E-state index in [1.807, 2.05) is 0 Å². The third kappa shape index (κ3) is 11.7. The van der Waals surface area contributed by atoms with Gasteiger partial charge in [0, 0.05) is 0 Å². The molecule has 0 saturated carbocycles. The Labute approximate surface area is 127 Å². The van der Waals surface area contributed by atoms with E-state index in [-0.39, 0.29) is 6.61 Å². The van der Waals surface area contributed by atoms with Crippen LogP contribution < -0.4 is 0 Å². The molecule has 0 aromatic rings. The summed E-state index contributed by atoms with van der Waals surface area (Å²) in [4.78, 5) is 0. The molecule has 2 atom stereocenters. The fourth-order valence-corrected chi connectivity index (χ4v) is 2.85. The SMILES string of the molecule is CCCCCC(C)(C)CCCC(C)CCCC(O)CO. The van der Waals surface area contributed by atoms with Crippen molar-refractivity contribution in [2.45, 2.75) is 98.0 Å². The summed E-state index contributed by atoms with van der Waals surface area (Å²) in [7, 11) is 0. The lowest BCUT2D eigenvalue weighted by atomic mass is 9.81. The van der Waals surface area contributed by atoms with Gasteiger partial charge in [0.05, 0.1) is 12.7 Å². The van der Waals surface area contributed by atoms with Gasteiger partial charge in [-0.15, -0.1) is 0 Å². The van der Waals surface area contributed by atoms with Crippen LogP contribution in [0.4, 0.5) is 0 Å². The number of rotatable bonds is 13. The lowest BCUT2D eigenvalue weighted by Gasteiger charge is -2.25. The molecule has 122 valence electrons. The Morgan fingerprint density at radius 3 is 2.10 bits per heavy atom. The molecule has 0 amide bonds. The number of aliphatic hydroxyl groups excluding tert-OH is 2. The van der Waals surface area contributed by atoms with Crippen LogP contribution in [0.5, 0.6) is 0 Å². The molecule has 0 fully saturated rings. The first kappa shape index (κ1) is 19.9. The minimum absolute atomic E-state index is 0.0969. The van der Waals surface area contributed by atoms with Crippen LogP contribution in [-0.4, -0.2) is 22.9 Å². The average molecular weight is 286 g/mol. The fourth-order valence-electron chi connectivity index (χ4n) is 2.85. The minimum Gasteiger partial charge on any atom is -0.394 e. The first-order chi connectivity index (χ1) is 9.41. The molecule has 2 N–H and O–H groups in total. The van der Waals surface area contributed by atoms with Crippen LogP contribution in [0.25, 0.3) is 0 Å². The molecular weight excluding hydrogens is 248 g/mol. The highest BCUT2D eigenvalue weighted by atomic mass is 16.3. The molecule has 0 aromatic heterocycles. The summed E-state index contributed by atoms with van der Waals surface area (Å²) in [6.45, 7) is 9.30. The Bertz CT molecular complexity index is 213. The van der Waals surface area contributed by atoms with Gasteiger partial charge in [0.2, 0.25) is 0 Å². The molecule has 0 spiro atoms. The van der Waals surface area contributed by atoms with Gasteiger partial charge in [-0.25, -0.2) is 0 Å². The topological polar surface area (TPSA) is 40.5 Å². The highest BCUT2D eigenvalue weighted by Gasteiger charge is 2.17. The summed E-state index contributed by atoms with van der Waals surface area (Å²) in [5.41, 5.74) is 0.502. The van der Waals surface area contributed by atoms with E-state index in [4.69, 9.17) is 5.11 Å². The summed E-state index contributed by atoms with van der Waals surface area (Å²) in [6.07, 6.45) is 11.8. The summed E-state index contributed by atoms with van der Waals surface area (Å²) >= 11 is 0. The van der Waals surface area contributed by atoms with Crippen LogP contribution in [0, 0.1) is 11.3 Å². The quantitative estimate of drug-likeness (QED) is 0.472. The van der Waals surface area contributed by atoms with E-state index in [9.17, 15) is 5.11 Å². The largest absolute Gasteiger partial charge is 0.394 e. The third-order valence-electron chi connectivity index (χ3n) is 4.45. The minimum atomic E-state index is -0.514. The van der Waals surface area contributed by atoms with E-state index in [1.54, 1.807) is 0 Å². The Hall–Kier alpha value is -0.0800. The van der Waals surface area contributed by atoms with Gasteiger partial charge in [-0.05, 0) is 30.6 Å². The molecule has 0 rings (SSSR count). The Morgan fingerprint density at radius 1 is 0.900 bits per heavy atom. The zero-order valence-electron chi connectivity index (χ0n) is 14.3. The van der Waals surface area contributed by atoms with E-state index < -0.39 is 6.10 Å². The van der Waals surface area contributed by atoms with E-state index in [0.717, 1.165) is 18.8 Å². The van der Waals surface area contributed by atoms with Gasteiger partial charge in [-0.1, -0.05) is 72.6 Å². The van der Waals surface area contributed by atoms with E-state index in [0.29, 0.717) is 5.41 Å². The molecule has 0 aliphatic heterocycles. The molecule has 2 nitrogen and oxygen atoms in total. The molecule has 0 saturated heterocycles. The van der Waals surface area contributed by atoms with Crippen molar-refractivity contribution in [2.75, 3.05) is 6.61 Å². The fraction of sp³-hybridized carbons (Fsp3) is 1.00. The van der Waals surface area contributed by atoms with Gasteiger partial charge in [0.1, 0.15) is 0 Å². The number of hydrogen-bond donors (Lipinski definition) is 2. The van der Waals surface area contributed by atoms with Crippen molar-refractivity contribution in [3.8, 4) is 0 Å². The van der Waals surface area contributed by atoms with Crippen LogP contribution >= 0.6 is 0 Å². The Morgan fingerprint density at radius 2 is 1.50 bits per heavy atom. The molecule has 0 aliphatic carbocycles. The van der Waals surface area contributed by atoms with Gasteiger partial charge in [-0.3, -0.25) is 0 Å². The summed E-state index contributed by atoms with van der Waals surface area (Å²) in [5, 5.41) is 18.1. The maximum absolute atomic E-state index is 9.31. The third-order valence-corrected chi connectivity index (χ3v) is 4.45. The molecule has 2 unspecified atom stereocenters.